The van der Waals surface area contributed by atoms with Gasteiger partial charge in [-0.15, -0.1) is 0 Å². The third-order valence-corrected chi connectivity index (χ3v) is 6.21. The van der Waals surface area contributed by atoms with E-state index < -0.39 is 0 Å². The minimum atomic E-state index is -0.0720. The molecule has 2 N–H and O–H groups in total. The second-order valence-corrected chi connectivity index (χ2v) is 7.97. The van der Waals surface area contributed by atoms with Gasteiger partial charge in [0.15, 0.2) is 0 Å². The van der Waals surface area contributed by atoms with Crippen LogP contribution >= 0.6 is 0 Å². The highest BCUT2D eigenvalue weighted by molar-refractivity contribution is 5.99. The molecule has 1 aliphatic heterocycles. The zero-order chi connectivity index (χ0) is 19.4. The Morgan fingerprint density at radius 3 is 2.62 bits per heavy atom. The number of benzene rings is 2. The lowest BCUT2D eigenvalue weighted by Crippen LogP contribution is -2.31. The van der Waals surface area contributed by atoms with Crippen LogP contribution in [0.25, 0.3) is 22.2 Å². The number of nitrogens with zero attached hydrogens (tertiary/aromatic N) is 2. The Morgan fingerprint density at radius 1 is 0.966 bits per heavy atom. The fourth-order valence-corrected chi connectivity index (χ4v) is 4.47. The van der Waals surface area contributed by atoms with Crippen molar-refractivity contribution in [1.82, 2.24) is 20.3 Å². The molecule has 29 heavy (non-hydrogen) atoms. The van der Waals surface area contributed by atoms with Gasteiger partial charge in [0.1, 0.15) is 5.82 Å². The molecule has 1 saturated carbocycles. The third kappa shape index (κ3) is 2.50. The quantitative estimate of drug-likeness (QED) is 0.565. The number of fused-ring (bicyclic) bond motifs is 2. The van der Waals surface area contributed by atoms with E-state index >= 15 is 0 Å². The minimum Gasteiger partial charge on any atom is -0.358 e. The highest BCUT2D eigenvalue weighted by Gasteiger charge is 2.48. The highest BCUT2D eigenvalue weighted by Crippen LogP contribution is 2.52. The topological polar surface area (TPSA) is 70.7 Å². The molecule has 2 aromatic carbocycles. The van der Waals surface area contributed by atoms with Crippen LogP contribution in [0.3, 0.4) is 0 Å². The summed E-state index contributed by atoms with van der Waals surface area (Å²) in [4.78, 5) is 25.4. The fraction of sp³-hybridized carbons (Fsp3) is 0.208. The Morgan fingerprint density at radius 2 is 1.83 bits per heavy atom. The van der Waals surface area contributed by atoms with Gasteiger partial charge in [0, 0.05) is 41.5 Å². The van der Waals surface area contributed by atoms with Crippen molar-refractivity contribution in [3.63, 3.8) is 0 Å². The summed E-state index contributed by atoms with van der Waals surface area (Å²) in [6, 6.07) is 18.6. The van der Waals surface area contributed by atoms with Crippen molar-refractivity contribution in [2.75, 3.05) is 6.54 Å². The monoisotopic (exact) mass is 380 g/mol. The van der Waals surface area contributed by atoms with Crippen LogP contribution < -0.4 is 5.32 Å². The van der Waals surface area contributed by atoms with Gasteiger partial charge in [0.2, 0.25) is 0 Å². The van der Waals surface area contributed by atoms with E-state index in [4.69, 9.17) is 9.97 Å². The number of hydrogen-bond acceptors (Lipinski definition) is 3. The molecule has 3 heterocycles. The Bertz CT molecular complexity index is 1250. The number of carbonyl (C=O) groups excluding carboxylic acids is 1. The van der Waals surface area contributed by atoms with Crippen molar-refractivity contribution in [3.05, 3.63) is 83.4 Å². The summed E-state index contributed by atoms with van der Waals surface area (Å²) in [6.07, 6.45) is 4.90. The van der Waals surface area contributed by atoms with Crippen LogP contribution in [0.1, 0.15) is 40.3 Å². The Labute approximate surface area is 168 Å². The SMILES string of the molecule is O=C1NCCc2[nH]c(-c3cccc4cnc(C5(c6ccccc6)CC5)nc34)cc21. The maximum Gasteiger partial charge on any atom is 0.253 e. The molecular formula is C24H20N4O. The molecule has 0 unspecified atom stereocenters. The van der Waals surface area contributed by atoms with Crippen LogP contribution in [0.15, 0.2) is 60.8 Å². The van der Waals surface area contributed by atoms with Crippen LogP contribution in [0.5, 0.6) is 0 Å². The Hall–Kier alpha value is -3.47. The summed E-state index contributed by atoms with van der Waals surface area (Å²) in [5.41, 5.74) is 5.82. The molecule has 0 radical (unpaired) electrons. The Balaban J connectivity index is 1.51. The van der Waals surface area contributed by atoms with E-state index in [1.54, 1.807) is 0 Å². The molecule has 6 rings (SSSR count). The zero-order valence-corrected chi connectivity index (χ0v) is 15.9. The number of para-hydroxylation sites is 1. The number of amides is 1. The Kier molecular flexibility index (Phi) is 3.42. The molecular weight excluding hydrogens is 360 g/mol. The molecule has 1 fully saturated rings. The van der Waals surface area contributed by atoms with Gasteiger partial charge < -0.3 is 10.3 Å². The van der Waals surface area contributed by atoms with Gasteiger partial charge in [-0.05, 0) is 24.5 Å². The van der Waals surface area contributed by atoms with Crippen LogP contribution in [-0.4, -0.2) is 27.4 Å². The van der Waals surface area contributed by atoms with Gasteiger partial charge >= 0.3 is 0 Å². The van der Waals surface area contributed by atoms with Crippen molar-refractivity contribution >= 4 is 16.8 Å². The predicted molar refractivity (Wildman–Crippen MR) is 112 cm³/mol. The summed E-state index contributed by atoms with van der Waals surface area (Å²) in [5.74, 6) is 0.878. The first-order valence-corrected chi connectivity index (χ1v) is 10.1. The lowest BCUT2D eigenvalue weighted by molar-refractivity contribution is 0.0946. The average Bonchev–Trinajstić information content (AvgIpc) is 3.46. The molecule has 1 aliphatic carbocycles. The van der Waals surface area contributed by atoms with E-state index in [0.717, 1.165) is 58.5 Å². The number of aromatic nitrogens is 3. The predicted octanol–water partition coefficient (Wildman–Crippen LogP) is 3.99. The largest absolute Gasteiger partial charge is 0.358 e. The van der Waals surface area contributed by atoms with Gasteiger partial charge in [-0.2, -0.15) is 0 Å². The van der Waals surface area contributed by atoms with E-state index in [0.29, 0.717) is 6.54 Å². The van der Waals surface area contributed by atoms with Crippen molar-refractivity contribution in [2.45, 2.75) is 24.7 Å². The van der Waals surface area contributed by atoms with Crippen LogP contribution in [-0.2, 0) is 11.8 Å². The van der Waals surface area contributed by atoms with E-state index in [9.17, 15) is 4.79 Å². The maximum absolute atomic E-state index is 12.2. The van der Waals surface area contributed by atoms with Gasteiger partial charge in [-0.25, -0.2) is 9.97 Å². The summed E-state index contributed by atoms with van der Waals surface area (Å²) < 4.78 is 0. The summed E-state index contributed by atoms with van der Waals surface area (Å²) in [6.45, 7) is 0.674. The molecule has 2 aliphatic rings. The number of hydrogen-bond donors (Lipinski definition) is 2. The molecule has 5 nitrogen and oxygen atoms in total. The van der Waals surface area contributed by atoms with Crippen LogP contribution in [0.4, 0.5) is 0 Å². The maximum atomic E-state index is 12.2. The molecule has 0 spiro atoms. The highest BCUT2D eigenvalue weighted by atomic mass is 16.1. The standard InChI is InChI=1S/C24H20N4O/c29-22-18-13-20(27-19(18)9-12-25-22)17-8-4-5-15-14-26-23(28-21(15)17)24(10-11-24)16-6-2-1-3-7-16/h1-8,13-14,27H,9-12H2,(H,25,29). The summed E-state index contributed by atoms with van der Waals surface area (Å²) in [7, 11) is 0. The molecule has 0 saturated heterocycles. The number of nitrogens with one attached hydrogen (secondary N) is 2. The first-order chi connectivity index (χ1) is 14.2. The van der Waals surface area contributed by atoms with Gasteiger partial charge in [-0.1, -0.05) is 48.5 Å². The molecule has 4 aromatic rings. The first kappa shape index (κ1) is 16.5. The van der Waals surface area contributed by atoms with E-state index in [2.05, 4.69) is 40.6 Å². The molecule has 0 atom stereocenters. The van der Waals surface area contributed by atoms with Crippen LogP contribution in [0.2, 0.25) is 0 Å². The summed E-state index contributed by atoms with van der Waals surface area (Å²) in [5, 5.41) is 3.92. The lowest BCUT2D eigenvalue weighted by Gasteiger charge is -2.15. The van der Waals surface area contributed by atoms with Gasteiger partial charge in [-0.3, -0.25) is 4.79 Å². The van der Waals surface area contributed by atoms with Crippen molar-refractivity contribution < 1.29 is 4.79 Å². The number of aromatic amines is 1. The average molecular weight is 380 g/mol. The second kappa shape index (κ2) is 6.01. The molecule has 2 aromatic heterocycles. The van der Waals surface area contributed by atoms with Crippen molar-refractivity contribution in [1.29, 1.82) is 0 Å². The lowest BCUT2D eigenvalue weighted by atomic mass is 9.94. The molecule has 0 bridgehead atoms. The zero-order valence-electron chi connectivity index (χ0n) is 15.9. The minimum absolute atomic E-state index is 0.00897. The van der Waals surface area contributed by atoms with E-state index in [1.807, 2.05) is 30.5 Å². The second-order valence-electron chi connectivity index (χ2n) is 7.97. The normalized spacial score (nSPS) is 17.0. The van der Waals surface area contributed by atoms with Gasteiger partial charge in [0.05, 0.1) is 16.5 Å². The molecule has 142 valence electrons. The van der Waals surface area contributed by atoms with Crippen molar-refractivity contribution in [2.24, 2.45) is 0 Å². The van der Waals surface area contributed by atoms with Crippen LogP contribution in [0, 0.1) is 0 Å². The number of rotatable bonds is 3. The van der Waals surface area contributed by atoms with Crippen molar-refractivity contribution in [3.8, 4) is 11.3 Å². The molecule has 5 heteroatoms. The molecule has 1 amide bonds. The van der Waals surface area contributed by atoms with Gasteiger partial charge in [0.25, 0.3) is 5.91 Å². The number of H-pyrrole nitrogens is 1. The summed E-state index contributed by atoms with van der Waals surface area (Å²) >= 11 is 0. The smallest absolute Gasteiger partial charge is 0.253 e. The third-order valence-electron chi connectivity index (χ3n) is 6.21. The first-order valence-electron chi connectivity index (χ1n) is 10.1. The number of carbonyl (C=O) groups is 1. The van der Waals surface area contributed by atoms with E-state index in [-0.39, 0.29) is 11.3 Å². The fourth-order valence-electron chi connectivity index (χ4n) is 4.47. The van der Waals surface area contributed by atoms with E-state index in [1.165, 1.54) is 5.56 Å².